The molecule has 1 N–H and O–H groups in total. The van der Waals surface area contributed by atoms with Gasteiger partial charge in [-0.15, -0.1) is 0 Å². The largest absolute Gasteiger partial charge is 0.457 e. The van der Waals surface area contributed by atoms with Gasteiger partial charge in [0, 0.05) is 16.0 Å². The molecule has 0 atom stereocenters. The van der Waals surface area contributed by atoms with Gasteiger partial charge >= 0.3 is 0 Å². The second-order valence-corrected chi connectivity index (χ2v) is 5.59. The number of hydrogen-bond donors (Lipinski definition) is 1. The smallest absolute Gasteiger partial charge is 0.131 e. The molecule has 2 nitrogen and oxygen atoms in total. The van der Waals surface area contributed by atoms with Gasteiger partial charge in [0.2, 0.25) is 0 Å². The van der Waals surface area contributed by atoms with Gasteiger partial charge in [-0.1, -0.05) is 39.7 Å². The van der Waals surface area contributed by atoms with Gasteiger partial charge in [0.1, 0.15) is 11.5 Å². The topological polar surface area (TPSA) is 21.3 Å². The highest BCUT2D eigenvalue weighted by Crippen LogP contribution is 2.30. The van der Waals surface area contributed by atoms with Gasteiger partial charge in [0.25, 0.3) is 0 Å². The van der Waals surface area contributed by atoms with Gasteiger partial charge in [0.15, 0.2) is 0 Å². The second kappa shape index (κ2) is 6.42. The molecule has 0 spiro atoms. The summed E-state index contributed by atoms with van der Waals surface area (Å²) < 4.78 is 6.90. The zero-order valence-corrected chi connectivity index (χ0v) is 13.2. The lowest BCUT2D eigenvalue weighted by Crippen LogP contribution is -2.05. The first-order valence-electron chi connectivity index (χ1n) is 5.97. The fraction of sp³-hybridized carbons (Fsp3) is 0.200. The van der Waals surface area contributed by atoms with Crippen molar-refractivity contribution < 1.29 is 4.74 Å². The number of rotatable bonds is 4. The molecule has 4 heteroatoms. The molecular weight excluding hydrogens is 326 g/mol. The van der Waals surface area contributed by atoms with E-state index < -0.39 is 0 Å². The summed E-state index contributed by atoms with van der Waals surface area (Å²) in [6, 6.07) is 11.6. The van der Waals surface area contributed by atoms with Crippen molar-refractivity contribution in [1.82, 2.24) is 5.32 Å². The summed E-state index contributed by atoms with van der Waals surface area (Å²) in [6.07, 6.45) is 0. The van der Waals surface area contributed by atoms with Gasteiger partial charge in [0.05, 0.1) is 0 Å². The molecule has 0 saturated heterocycles. The molecule has 2 aromatic rings. The van der Waals surface area contributed by atoms with E-state index in [2.05, 4.69) is 21.2 Å². The van der Waals surface area contributed by atoms with E-state index in [4.69, 9.17) is 16.3 Å². The summed E-state index contributed by atoms with van der Waals surface area (Å²) in [5, 5.41) is 3.79. The molecule has 0 amide bonds. The van der Waals surface area contributed by atoms with Gasteiger partial charge < -0.3 is 10.1 Å². The number of nitrogens with one attached hydrogen (secondary N) is 1. The molecule has 0 saturated carbocycles. The summed E-state index contributed by atoms with van der Waals surface area (Å²) >= 11 is 9.53. The molecule has 2 rings (SSSR count). The van der Waals surface area contributed by atoms with Crippen LogP contribution in [0.2, 0.25) is 5.02 Å². The second-order valence-electron chi connectivity index (χ2n) is 4.30. The van der Waals surface area contributed by atoms with Gasteiger partial charge in [-0.25, -0.2) is 0 Å². The highest BCUT2D eigenvalue weighted by molar-refractivity contribution is 9.10. The Hall–Kier alpha value is -1.03. The minimum absolute atomic E-state index is 0.673. The zero-order valence-electron chi connectivity index (χ0n) is 10.8. The van der Waals surface area contributed by atoms with E-state index in [1.165, 1.54) is 5.56 Å². The molecule has 19 heavy (non-hydrogen) atoms. The van der Waals surface area contributed by atoms with Gasteiger partial charge in [-0.05, 0) is 49.4 Å². The summed E-state index contributed by atoms with van der Waals surface area (Å²) in [4.78, 5) is 0. The van der Waals surface area contributed by atoms with Gasteiger partial charge in [-0.2, -0.15) is 0 Å². The Labute approximate surface area is 126 Å². The molecular formula is C15H15BrClNO. The van der Waals surface area contributed by atoms with Crippen LogP contribution in [0.15, 0.2) is 40.9 Å². The van der Waals surface area contributed by atoms with Crippen LogP contribution in [0, 0.1) is 6.92 Å². The Bertz CT molecular complexity index is 586. The van der Waals surface area contributed by atoms with E-state index in [0.29, 0.717) is 5.02 Å². The molecule has 0 heterocycles. The van der Waals surface area contributed by atoms with Crippen LogP contribution in [0.25, 0.3) is 0 Å². The summed E-state index contributed by atoms with van der Waals surface area (Å²) in [6.45, 7) is 2.81. The van der Waals surface area contributed by atoms with Crippen molar-refractivity contribution >= 4 is 27.5 Å². The maximum Gasteiger partial charge on any atom is 0.131 e. The van der Waals surface area contributed by atoms with Crippen LogP contribution in [0.5, 0.6) is 11.5 Å². The van der Waals surface area contributed by atoms with Gasteiger partial charge in [-0.3, -0.25) is 0 Å². The minimum atomic E-state index is 0.673. The monoisotopic (exact) mass is 339 g/mol. The van der Waals surface area contributed by atoms with E-state index in [1.807, 2.05) is 50.4 Å². The third-order valence-corrected chi connectivity index (χ3v) is 3.74. The zero-order chi connectivity index (χ0) is 13.8. The number of ether oxygens (including phenoxy) is 1. The maximum absolute atomic E-state index is 5.98. The van der Waals surface area contributed by atoms with Crippen molar-refractivity contribution in [2.75, 3.05) is 7.05 Å². The Morgan fingerprint density at radius 2 is 2.00 bits per heavy atom. The van der Waals surface area contributed by atoms with Crippen LogP contribution in [0.3, 0.4) is 0 Å². The molecule has 0 aliphatic rings. The lowest BCUT2D eigenvalue weighted by Gasteiger charge is -2.11. The lowest BCUT2D eigenvalue weighted by atomic mass is 10.2. The van der Waals surface area contributed by atoms with E-state index in [0.717, 1.165) is 28.1 Å². The standard InChI is InChI=1S/C15H15BrClNO/c1-10-3-5-12(17)7-15(10)19-13-6-4-11(9-18-2)14(16)8-13/h3-8,18H,9H2,1-2H3. The Morgan fingerprint density at radius 1 is 1.21 bits per heavy atom. The van der Waals surface area contributed by atoms with E-state index in [1.54, 1.807) is 0 Å². The van der Waals surface area contributed by atoms with Crippen molar-refractivity contribution in [2.45, 2.75) is 13.5 Å². The van der Waals surface area contributed by atoms with E-state index in [-0.39, 0.29) is 0 Å². The Morgan fingerprint density at radius 3 is 2.68 bits per heavy atom. The molecule has 100 valence electrons. The van der Waals surface area contributed by atoms with Crippen molar-refractivity contribution in [3.63, 3.8) is 0 Å². The average Bonchev–Trinajstić information content (AvgIpc) is 2.37. The predicted octanol–water partition coefficient (Wildman–Crippen LogP) is 4.92. The first-order chi connectivity index (χ1) is 9.10. The highest BCUT2D eigenvalue weighted by Gasteiger charge is 2.05. The summed E-state index contributed by atoms with van der Waals surface area (Å²) in [5.74, 6) is 1.57. The number of hydrogen-bond acceptors (Lipinski definition) is 2. The Kier molecular flexibility index (Phi) is 4.86. The van der Waals surface area contributed by atoms with Crippen molar-refractivity contribution in [3.8, 4) is 11.5 Å². The van der Waals surface area contributed by atoms with E-state index in [9.17, 15) is 0 Å². The first kappa shape index (κ1) is 14.4. The maximum atomic E-state index is 5.98. The van der Waals surface area contributed by atoms with Crippen LogP contribution < -0.4 is 10.1 Å². The molecule has 0 aliphatic carbocycles. The molecule has 0 aliphatic heterocycles. The normalized spacial score (nSPS) is 10.5. The molecule has 0 fully saturated rings. The number of benzene rings is 2. The van der Waals surface area contributed by atoms with Crippen LogP contribution in [-0.2, 0) is 6.54 Å². The first-order valence-corrected chi connectivity index (χ1v) is 7.14. The van der Waals surface area contributed by atoms with Crippen molar-refractivity contribution in [3.05, 3.63) is 57.0 Å². The Balaban J connectivity index is 2.24. The molecule has 0 bridgehead atoms. The SMILES string of the molecule is CNCc1ccc(Oc2cc(Cl)ccc2C)cc1Br. The predicted molar refractivity (Wildman–Crippen MR) is 83.2 cm³/mol. The highest BCUT2D eigenvalue weighted by atomic mass is 79.9. The quantitative estimate of drug-likeness (QED) is 0.852. The fourth-order valence-electron chi connectivity index (χ4n) is 1.74. The third-order valence-electron chi connectivity index (χ3n) is 2.77. The lowest BCUT2D eigenvalue weighted by molar-refractivity contribution is 0.478. The third kappa shape index (κ3) is 3.72. The van der Waals surface area contributed by atoms with Crippen molar-refractivity contribution in [1.29, 1.82) is 0 Å². The van der Waals surface area contributed by atoms with Crippen LogP contribution in [0.4, 0.5) is 0 Å². The molecule has 0 radical (unpaired) electrons. The molecule has 0 unspecified atom stereocenters. The van der Waals surface area contributed by atoms with Crippen LogP contribution in [-0.4, -0.2) is 7.05 Å². The van der Waals surface area contributed by atoms with Crippen LogP contribution in [0.1, 0.15) is 11.1 Å². The van der Waals surface area contributed by atoms with Crippen molar-refractivity contribution in [2.24, 2.45) is 0 Å². The summed E-state index contributed by atoms with van der Waals surface area (Å²) in [5.41, 5.74) is 2.25. The fourth-order valence-corrected chi connectivity index (χ4v) is 2.40. The van der Waals surface area contributed by atoms with Crippen LogP contribution >= 0.6 is 27.5 Å². The van der Waals surface area contributed by atoms with E-state index >= 15 is 0 Å². The average molecular weight is 341 g/mol. The number of halogens is 2. The minimum Gasteiger partial charge on any atom is -0.457 e. The summed E-state index contributed by atoms with van der Waals surface area (Å²) in [7, 11) is 1.92. The molecule has 0 aromatic heterocycles. The number of aryl methyl sites for hydroxylation is 1. The molecule has 2 aromatic carbocycles.